The first kappa shape index (κ1) is 12.3. The van der Waals surface area contributed by atoms with Gasteiger partial charge in [-0.3, -0.25) is 0 Å². The van der Waals surface area contributed by atoms with Crippen molar-refractivity contribution in [3.8, 4) is 0 Å². The molecule has 1 aromatic heterocycles. The van der Waals surface area contributed by atoms with E-state index in [9.17, 15) is 0 Å². The Kier molecular flexibility index (Phi) is 3.56. The molecular formula is C16H19N3. The maximum absolute atomic E-state index is 4.13. The second-order valence-electron chi connectivity index (χ2n) is 5.12. The maximum atomic E-state index is 4.13. The topological polar surface area (TPSA) is 37.8 Å². The SMILES string of the molecule is CCNC(CC1Cc2ccccc21)c1cncnc1. The second-order valence-corrected chi connectivity index (χ2v) is 5.12. The van der Waals surface area contributed by atoms with E-state index in [4.69, 9.17) is 0 Å². The van der Waals surface area contributed by atoms with Gasteiger partial charge in [-0.1, -0.05) is 31.2 Å². The quantitative estimate of drug-likeness (QED) is 0.890. The van der Waals surface area contributed by atoms with Gasteiger partial charge in [0, 0.05) is 24.0 Å². The molecule has 3 heteroatoms. The molecule has 2 aromatic rings. The lowest BCUT2D eigenvalue weighted by Crippen LogP contribution is -2.27. The third-order valence-corrected chi connectivity index (χ3v) is 3.91. The van der Waals surface area contributed by atoms with Gasteiger partial charge in [-0.25, -0.2) is 9.97 Å². The number of hydrogen-bond acceptors (Lipinski definition) is 3. The van der Waals surface area contributed by atoms with E-state index < -0.39 is 0 Å². The van der Waals surface area contributed by atoms with Crippen LogP contribution in [-0.4, -0.2) is 16.5 Å². The number of fused-ring (bicyclic) bond motifs is 1. The predicted molar refractivity (Wildman–Crippen MR) is 76.0 cm³/mol. The lowest BCUT2D eigenvalue weighted by atomic mass is 9.74. The Morgan fingerprint density at radius 1 is 1.26 bits per heavy atom. The summed E-state index contributed by atoms with van der Waals surface area (Å²) in [7, 11) is 0. The normalized spacial score (nSPS) is 18.5. The molecule has 1 aromatic carbocycles. The summed E-state index contributed by atoms with van der Waals surface area (Å²) < 4.78 is 0. The molecule has 19 heavy (non-hydrogen) atoms. The molecule has 0 saturated carbocycles. The van der Waals surface area contributed by atoms with Crippen molar-refractivity contribution in [1.29, 1.82) is 0 Å². The average molecular weight is 253 g/mol. The first-order valence-corrected chi connectivity index (χ1v) is 6.94. The molecule has 1 N–H and O–H groups in total. The van der Waals surface area contributed by atoms with Gasteiger partial charge in [-0.15, -0.1) is 0 Å². The van der Waals surface area contributed by atoms with Gasteiger partial charge in [0.2, 0.25) is 0 Å². The molecule has 0 fully saturated rings. The predicted octanol–water partition coefficient (Wildman–Crippen LogP) is 2.86. The number of benzene rings is 1. The smallest absolute Gasteiger partial charge is 0.115 e. The van der Waals surface area contributed by atoms with Gasteiger partial charge in [0.1, 0.15) is 6.33 Å². The second kappa shape index (κ2) is 5.49. The third kappa shape index (κ3) is 2.51. The first-order chi connectivity index (χ1) is 9.38. The summed E-state index contributed by atoms with van der Waals surface area (Å²) >= 11 is 0. The molecule has 0 saturated heterocycles. The standard InChI is InChI=1S/C16H19N3/c1-2-19-16(14-9-17-11-18-10-14)8-13-7-12-5-3-4-6-15(12)13/h3-6,9-11,13,16,19H,2,7-8H2,1H3. The summed E-state index contributed by atoms with van der Waals surface area (Å²) in [4.78, 5) is 8.26. The number of rotatable bonds is 5. The van der Waals surface area contributed by atoms with E-state index in [2.05, 4.69) is 46.5 Å². The zero-order chi connectivity index (χ0) is 13.1. The molecule has 1 aliphatic rings. The van der Waals surface area contributed by atoms with Crippen molar-refractivity contribution in [2.75, 3.05) is 6.54 Å². The van der Waals surface area contributed by atoms with E-state index in [-0.39, 0.29) is 0 Å². The number of hydrogen-bond donors (Lipinski definition) is 1. The van der Waals surface area contributed by atoms with Gasteiger partial charge in [-0.05, 0) is 36.4 Å². The van der Waals surface area contributed by atoms with E-state index >= 15 is 0 Å². The number of nitrogens with one attached hydrogen (secondary N) is 1. The zero-order valence-electron chi connectivity index (χ0n) is 11.2. The lowest BCUT2D eigenvalue weighted by molar-refractivity contribution is 0.434. The summed E-state index contributed by atoms with van der Waals surface area (Å²) in [6, 6.07) is 9.11. The van der Waals surface area contributed by atoms with Gasteiger partial charge in [0.15, 0.2) is 0 Å². The van der Waals surface area contributed by atoms with Crippen LogP contribution < -0.4 is 5.32 Å². The van der Waals surface area contributed by atoms with E-state index in [1.54, 1.807) is 6.33 Å². The van der Waals surface area contributed by atoms with Crippen LogP contribution in [0.1, 0.15) is 42.0 Å². The van der Waals surface area contributed by atoms with Crippen molar-refractivity contribution in [1.82, 2.24) is 15.3 Å². The summed E-state index contributed by atoms with van der Waals surface area (Å²) in [5.41, 5.74) is 4.21. The molecule has 3 nitrogen and oxygen atoms in total. The van der Waals surface area contributed by atoms with Crippen molar-refractivity contribution < 1.29 is 0 Å². The molecule has 0 aliphatic heterocycles. The lowest BCUT2D eigenvalue weighted by Gasteiger charge is -2.33. The molecule has 0 radical (unpaired) electrons. The summed E-state index contributed by atoms with van der Waals surface area (Å²) in [6.07, 6.45) is 7.75. The fraction of sp³-hybridized carbons (Fsp3) is 0.375. The van der Waals surface area contributed by atoms with Crippen LogP contribution in [0, 0.1) is 0 Å². The van der Waals surface area contributed by atoms with E-state index in [1.807, 2.05) is 12.4 Å². The minimum Gasteiger partial charge on any atom is -0.310 e. The minimum absolute atomic E-state index is 0.351. The zero-order valence-corrected chi connectivity index (χ0v) is 11.2. The first-order valence-electron chi connectivity index (χ1n) is 6.94. The van der Waals surface area contributed by atoms with Crippen molar-refractivity contribution in [3.05, 3.63) is 59.7 Å². The van der Waals surface area contributed by atoms with E-state index in [0.717, 1.165) is 13.0 Å². The van der Waals surface area contributed by atoms with Crippen LogP contribution in [0.5, 0.6) is 0 Å². The number of nitrogens with zero attached hydrogens (tertiary/aromatic N) is 2. The highest BCUT2D eigenvalue weighted by Crippen LogP contribution is 2.40. The van der Waals surface area contributed by atoms with Gasteiger partial charge in [0.25, 0.3) is 0 Å². The van der Waals surface area contributed by atoms with Crippen LogP contribution in [0.4, 0.5) is 0 Å². The molecule has 0 amide bonds. The molecule has 2 atom stereocenters. The Hall–Kier alpha value is -1.74. The highest BCUT2D eigenvalue weighted by atomic mass is 14.9. The maximum Gasteiger partial charge on any atom is 0.115 e. The van der Waals surface area contributed by atoms with Crippen molar-refractivity contribution in [2.24, 2.45) is 0 Å². The van der Waals surface area contributed by atoms with E-state index in [0.29, 0.717) is 12.0 Å². The molecule has 2 unspecified atom stereocenters. The van der Waals surface area contributed by atoms with Crippen LogP contribution in [0.25, 0.3) is 0 Å². The highest BCUT2D eigenvalue weighted by Gasteiger charge is 2.28. The third-order valence-electron chi connectivity index (χ3n) is 3.91. The van der Waals surface area contributed by atoms with Gasteiger partial charge >= 0.3 is 0 Å². The highest BCUT2D eigenvalue weighted by molar-refractivity contribution is 5.40. The molecule has 1 heterocycles. The van der Waals surface area contributed by atoms with Crippen LogP contribution >= 0.6 is 0 Å². The average Bonchev–Trinajstić information content (AvgIpc) is 2.44. The Morgan fingerprint density at radius 2 is 2.05 bits per heavy atom. The molecule has 98 valence electrons. The largest absolute Gasteiger partial charge is 0.310 e. The van der Waals surface area contributed by atoms with Gasteiger partial charge in [-0.2, -0.15) is 0 Å². The summed E-state index contributed by atoms with van der Waals surface area (Å²) in [5, 5.41) is 3.55. The Labute approximate surface area is 114 Å². The molecule has 0 bridgehead atoms. The van der Waals surface area contributed by atoms with E-state index in [1.165, 1.54) is 23.1 Å². The molecule has 3 rings (SSSR count). The van der Waals surface area contributed by atoms with Crippen molar-refractivity contribution in [2.45, 2.75) is 31.7 Å². The molecule has 1 aliphatic carbocycles. The molecule has 0 spiro atoms. The van der Waals surface area contributed by atoms with Gasteiger partial charge in [0.05, 0.1) is 0 Å². The van der Waals surface area contributed by atoms with Crippen molar-refractivity contribution in [3.63, 3.8) is 0 Å². The Morgan fingerprint density at radius 3 is 2.79 bits per heavy atom. The Bertz CT molecular complexity index is 539. The fourth-order valence-electron chi connectivity index (χ4n) is 2.93. The van der Waals surface area contributed by atoms with Crippen LogP contribution in [0.3, 0.4) is 0 Å². The number of aromatic nitrogens is 2. The monoisotopic (exact) mass is 253 g/mol. The summed E-state index contributed by atoms with van der Waals surface area (Å²) in [5.74, 6) is 0.667. The van der Waals surface area contributed by atoms with Crippen molar-refractivity contribution >= 4 is 0 Å². The Balaban J connectivity index is 1.74. The fourth-order valence-corrected chi connectivity index (χ4v) is 2.93. The van der Waals surface area contributed by atoms with Gasteiger partial charge < -0.3 is 5.32 Å². The minimum atomic E-state index is 0.351. The summed E-state index contributed by atoms with van der Waals surface area (Å²) in [6.45, 7) is 3.11. The van der Waals surface area contributed by atoms with Crippen LogP contribution in [0.15, 0.2) is 43.0 Å². The van der Waals surface area contributed by atoms with Crippen LogP contribution in [0.2, 0.25) is 0 Å². The molecular weight excluding hydrogens is 234 g/mol. The van der Waals surface area contributed by atoms with Crippen LogP contribution in [-0.2, 0) is 6.42 Å².